The van der Waals surface area contributed by atoms with Crippen molar-refractivity contribution in [2.24, 2.45) is 40.9 Å². The third kappa shape index (κ3) is 10.2. The normalized spacial score (nSPS) is 12.5. The molecule has 5 aromatic rings. The minimum atomic E-state index is -5.17. The van der Waals surface area contributed by atoms with E-state index in [1.54, 1.807) is 0 Å². The standard InChI is InChI=1S/C32H26N10O13S4/c1-55-23-14-22(25(59(52,53)54)15-21(23)38-35-16-6-10-18(11-7-16)56(45)46)39-41-30-26(32(43)44)29(40-36-17-8-12-19(13-9-17)57(47)48)27(33)31(28(30)34)42-37-20-4-2-3-5-24(20)58(49,50)51/h2-15,56-57H,33-34H2,1H3,(H,43,44)(H,49,50,51)(H,52,53,54). The molecular weight excluding hydrogens is 861 g/mol. The van der Waals surface area contributed by atoms with Gasteiger partial charge in [-0.2, -0.15) is 27.1 Å². The van der Waals surface area contributed by atoms with Gasteiger partial charge in [-0.3, -0.25) is 9.11 Å². The number of rotatable bonds is 14. The highest BCUT2D eigenvalue weighted by Gasteiger charge is 2.28. The van der Waals surface area contributed by atoms with Gasteiger partial charge in [-0.05, 0) is 66.7 Å². The van der Waals surface area contributed by atoms with Crippen LogP contribution in [-0.2, 0) is 41.6 Å². The number of nitrogens with zero attached hydrogens (tertiary/aromatic N) is 8. The highest BCUT2D eigenvalue weighted by atomic mass is 32.2. The van der Waals surface area contributed by atoms with Crippen LogP contribution in [-0.4, -0.2) is 61.0 Å². The first kappa shape index (κ1) is 43.2. The number of carbonyl (C=O) groups is 1. The Balaban J connectivity index is 1.72. The third-order valence-corrected chi connectivity index (χ3v) is 10.8. The molecule has 0 aliphatic heterocycles. The van der Waals surface area contributed by atoms with Crippen molar-refractivity contribution in [3.05, 3.63) is 90.5 Å². The fraction of sp³-hybridized carbons (Fsp3) is 0.0312. The van der Waals surface area contributed by atoms with Crippen LogP contribution in [0.4, 0.5) is 56.9 Å². The van der Waals surface area contributed by atoms with Gasteiger partial charge in [0.15, 0.2) is 21.4 Å². The van der Waals surface area contributed by atoms with Gasteiger partial charge in [0.05, 0.1) is 39.7 Å². The molecule has 0 aliphatic rings. The van der Waals surface area contributed by atoms with Crippen LogP contribution in [0, 0.1) is 0 Å². The Bertz CT molecular complexity index is 2990. The fourth-order valence-corrected chi connectivity index (χ4v) is 6.83. The average Bonchev–Trinajstić information content (AvgIpc) is 3.18. The Labute approximate surface area is 335 Å². The van der Waals surface area contributed by atoms with E-state index in [2.05, 4.69) is 40.9 Å². The van der Waals surface area contributed by atoms with Crippen LogP contribution in [0.15, 0.2) is 145 Å². The van der Waals surface area contributed by atoms with Crippen molar-refractivity contribution in [1.82, 2.24) is 0 Å². The van der Waals surface area contributed by atoms with E-state index >= 15 is 0 Å². The van der Waals surface area contributed by atoms with Crippen molar-refractivity contribution in [2.75, 3.05) is 18.6 Å². The topological polar surface area (TPSA) is 374 Å². The predicted octanol–water partition coefficient (Wildman–Crippen LogP) is 6.65. The van der Waals surface area contributed by atoms with Crippen molar-refractivity contribution in [1.29, 1.82) is 0 Å². The highest BCUT2D eigenvalue weighted by Crippen LogP contribution is 2.50. The summed E-state index contributed by atoms with van der Waals surface area (Å²) in [6, 6.07) is 16.4. The molecule has 0 heterocycles. The monoisotopic (exact) mass is 886 g/mol. The van der Waals surface area contributed by atoms with Crippen LogP contribution in [0.25, 0.3) is 0 Å². The fourth-order valence-electron chi connectivity index (χ4n) is 4.80. The van der Waals surface area contributed by atoms with Gasteiger partial charge in [0.2, 0.25) is 0 Å². The van der Waals surface area contributed by atoms with Gasteiger partial charge in [0, 0.05) is 6.07 Å². The summed E-state index contributed by atoms with van der Waals surface area (Å²) >= 11 is 0. The zero-order valence-corrected chi connectivity index (χ0v) is 32.9. The minimum Gasteiger partial charge on any atom is -0.494 e. The molecule has 306 valence electrons. The number of hydrogen-bond acceptors (Lipinski definition) is 20. The molecule has 0 atom stereocenters. The van der Waals surface area contributed by atoms with Crippen molar-refractivity contribution in [2.45, 2.75) is 19.6 Å². The van der Waals surface area contributed by atoms with Crippen LogP contribution >= 0.6 is 0 Å². The summed E-state index contributed by atoms with van der Waals surface area (Å²) in [5.41, 5.74) is 7.17. The molecular formula is C32H26N10O13S4. The molecule has 0 saturated heterocycles. The van der Waals surface area contributed by atoms with Crippen molar-refractivity contribution in [3.8, 4) is 5.75 Å². The molecule has 0 fully saturated rings. The van der Waals surface area contributed by atoms with E-state index in [1.165, 1.54) is 60.7 Å². The molecule has 0 saturated carbocycles. The quantitative estimate of drug-likeness (QED) is 0.0265. The lowest BCUT2D eigenvalue weighted by molar-refractivity contribution is 0.0698. The minimum absolute atomic E-state index is 0.00470. The summed E-state index contributed by atoms with van der Waals surface area (Å²) in [6.45, 7) is 0. The van der Waals surface area contributed by atoms with E-state index in [-0.39, 0.29) is 32.6 Å². The van der Waals surface area contributed by atoms with E-state index < -0.39 is 103 Å². The summed E-state index contributed by atoms with van der Waals surface area (Å²) in [4.78, 5) is 11.1. The number of hydrogen-bond donors (Lipinski definition) is 7. The maximum atomic E-state index is 12.8. The lowest BCUT2D eigenvalue weighted by Gasteiger charge is -2.13. The molecule has 0 amide bonds. The number of carboxylic acids is 1. The maximum absolute atomic E-state index is 12.8. The molecule has 0 radical (unpaired) electrons. The summed E-state index contributed by atoms with van der Waals surface area (Å²) < 4.78 is 119. The largest absolute Gasteiger partial charge is 0.494 e. The smallest absolute Gasteiger partial charge is 0.340 e. The van der Waals surface area contributed by atoms with Gasteiger partial charge in [0.25, 0.3) is 20.2 Å². The molecule has 23 nitrogen and oxygen atoms in total. The maximum Gasteiger partial charge on any atom is 0.340 e. The number of benzene rings is 5. The predicted molar refractivity (Wildman–Crippen MR) is 208 cm³/mol. The molecule has 0 aliphatic carbocycles. The van der Waals surface area contributed by atoms with Gasteiger partial charge >= 0.3 is 5.97 Å². The van der Waals surface area contributed by atoms with E-state index in [9.17, 15) is 52.7 Å². The number of anilines is 2. The first-order valence-corrected chi connectivity index (χ1v) is 20.9. The van der Waals surface area contributed by atoms with Gasteiger partial charge in [0.1, 0.15) is 55.2 Å². The second-order valence-corrected chi connectivity index (χ2v) is 16.2. The molecule has 59 heavy (non-hydrogen) atoms. The number of aromatic carboxylic acids is 1. The Morgan fingerprint density at radius 2 is 1.02 bits per heavy atom. The molecule has 5 rings (SSSR count). The molecule has 0 spiro atoms. The molecule has 0 aromatic heterocycles. The molecule has 5 aromatic carbocycles. The van der Waals surface area contributed by atoms with E-state index in [4.69, 9.17) is 16.2 Å². The van der Waals surface area contributed by atoms with Gasteiger partial charge < -0.3 is 21.3 Å². The number of methoxy groups -OCH3 is 1. The lowest BCUT2D eigenvalue weighted by atomic mass is 10.1. The number of nitrogens with two attached hydrogens (primary N) is 2. The number of carboxylic acid groups (broad SMARTS) is 1. The van der Waals surface area contributed by atoms with Crippen molar-refractivity contribution >= 4 is 104 Å². The summed E-state index contributed by atoms with van der Waals surface area (Å²) in [7, 11) is -14.7. The van der Waals surface area contributed by atoms with Crippen LogP contribution in [0.1, 0.15) is 10.4 Å². The molecule has 0 unspecified atom stereocenters. The second kappa shape index (κ2) is 17.7. The first-order chi connectivity index (χ1) is 27.8. The summed E-state index contributed by atoms with van der Waals surface area (Å²) in [5, 5.41) is 41.5. The Morgan fingerprint density at radius 1 is 0.576 bits per heavy atom. The lowest BCUT2D eigenvalue weighted by Crippen LogP contribution is -2.04. The zero-order chi connectivity index (χ0) is 43.2. The van der Waals surface area contributed by atoms with E-state index in [0.717, 1.165) is 31.4 Å². The van der Waals surface area contributed by atoms with Gasteiger partial charge in [-0.15, -0.1) is 30.7 Å². The molecule has 7 N–H and O–H groups in total. The highest BCUT2D eigenvalue weighted by molar-refractivity contribution is 7.86. The Kier molecular flexibility index (Phi) is 13.0. The van der Waals surface area contributed by atoms with Crippen molar-refractivity contribution in [3.63, 3.8) is 0 Å². The number of thiol groups is 2. The molecule has 0 bridgehead atoms. The van der Waals surface area contributed by atoms with Crippen LogP contribution in [0.5, 0.6) is 5.75 Å². The van der Waals surface area contributed by atoms with Crippen molar-refractivity contribution < 1.29 is 57.4 Å². The van der Waals surface area contributed by atoms with Gasteiger partial charge in [-0.25, -0.2) is 21.6 Å². The second-order valence-electron chi connectivity index (χ2n) is 11.3. The van der Waals surface area contributed by atoms with Crippen LogP contribution < -0.4 is 16.2 Å². The van der Waals surface area contributed by atoms with Crippen LogP contribution in [0.3, 0.4) is 0 Å². The summed E-state index contributed by atoms with van der Waals surface area (Å²) in [6.07, 6.45) is 0. The molecule has 27 heteroatoms. The average molecular weight is 887 g/mol. The Morgan fingerprint density at radius 3 is 1.49 bits per heavy atom. The zero-order valence-electron chi connectivity index (χ0n) is 29.5. The Hall–Kier alpha value is -6.91. The number of azo groups is 4. The first-order valence-electron chi connectivity index (χ1n) is 15.7. The van der Waals surface area contributed by atoms with E-state index in [0.29, 0.717) is 0 Å². The number of nitrogen functional groups attached to an aromatic ring is 2. The third-order valence-electron chi connectivity index (χ3n) is 7.56. The summed E-state index contributed by atoms with van der Waals surface area (Å²) in [5.74, 6) is -1.99. The van der Waals surface area contributed by atoms with E-state index in [1.807, 2.05) is 0 Å². The number of ether oxygens (including phenoxy) is 1. The van der Waals surface area contributed by atoms with Gasteiger partial charge in [-0.1, -0.05) is 12.1 Å². The van der Waals surface area contributed by atoms with Crippen LogP contribution in [0.2, 0.25) is 0 Å². The SMILES string of the molecule is COc1cc(N=Nc2c(N)c(N=Nc3ccccc3S(=O)(=O)O)c(N)c(N=Nc3ccc([SH](=O)=O)cc3)c2C(=O)O)c(S(=O)(=O)O)cc1N=Nc1ccc([SH](=O)=O)cc1.